The maximum absolute atomic E-state index is 2.56. The highest BCUT2D eigenvalue weighted by Crippen LogP contribution is 2.51. The molecule has 0 saturated heterocycles. The van der Waals surface area contributed by atoms with Gasteiger partial charge in [-0.15, -0.1) is 0 Å². The Morgan fingerprint density at radius 3 is 2.04 bits per heavy atom. The molecule has 9 rings (SSSR count). The zero-order valence-corrected chi connectivity index (χ0v) is 28.4. The number of nitrogens with zero attached hydrogens (tertiary/aromatic N) is 2. The van der Waals surface area contributed by atoms with Crippen LogP contribution in [-0.2, 0) is 18.3 Å². The summed E-state index contributed by atoms with van der Waals surface area (Å²) in [4.78, 5) is 2.56. The van der Waals surface area contributed by atoms with Gasteiger partial charge in [-0.25, -0.2) is 0 Å². The van der Waals surface area contributed by atoms with Crippen molar-refractivity contribution in [3.8, 4) is 16.8 Å². The topological polar surface area (TPSA) is 8.17 Å². The fourth-order valence-electron chi connectivity index (χ4n) is 8.98. The lowest BCUT2D eigenvalue weighted by Crippen LogP contribution is -2.36. The molecule has 238 valence electrons. The molecule has 3 aromatic carbocycles. The van der Waals surface area contributed by atoms with E-state index in [4.69, 9.17) is 0 Å². The first-order valence-electron chi connectivity index (χ1n) is 18.0. The summed E-state index contributed by atoms with van der Waals surface area (Å²) in [6, 6.07) is 25.6. The second kappa shape index (κ2) is 11.4. The van der Waals surface area contributed by atoms with E-state index in [1.807, 2.05) is 0 Å². The van der Waals surface area contributed by atoms with Gasteiger partial charge in [-0.2, -0.15) is 0 Å². The number of anilines is 2. The largest absolute Gasteiger partial charge is 0.334 e. The zero-order chi connectivity index (χ0) is 32.4. The summed E-state index contributed by atoms with van der Waals surface area (Å²) in [6.45, 7) is 7.21. The smallest absolute Gasteiger partial charge is 0.0585 e. The Hall–Kier alpha value is -4.82. The van der Waals surface area contributed by atoms with Crippen molar-refractivity contribution < 1.29 is 0 Å². The first-order valence-corrected chi connectivity index (χ1v) is 18.0. The van der Waals surface area contributed by atoms with Crippen molar-refractivity contribution in [3.63, 3.8) is 0 Å². The summed E-state index contributed by atoms with van der Waals surface area (Å²) in [5.41, 5.74) is 17.8. The van der Waals surface area contributed by atoms with E-state index in [1.165, 1.54) is 61.9 Å². The van der Waals surface area contributed by atoms with Gasteiger partial charge < -0.3 is 9.47 Å². The second-order valence-electron chi connectivity index (χ2n) is 14.7. The lowest BCUT2D eigenvalue weighted by molar-refractivity contribution is 0.604. The normalized spacial score (nSPS) is 21.2. The van der Waals surface area contributed by atoms with Crippen molar-refractivity contribution in [2.45, 2.75) is 70.8 Å². The first-order chi connectivity index (χ1) is 23.5. The highest BCUT2D eigenvalue weighted by Gasteiger charge is 2.37. The highest BCUT2D eigenvalue weighted by atomic mass is 15.2. The van der Waals surface area contributed by atoms with Crippen LogP contribution in [0.5, 0.6) is 0 Å². The Morgan fingerprint density at radius 2 is 1.35 bits per heavy atom. The molecule has 0 aliphatic heterocycles. The molecule has 0 N–H and O–H groups in total. The van der Waals surface area contributed by atoms with Gasteiger partial charge in [-0.05, 0) is 138 Å². The van der Waals surface area contributed by atoms with Crippen LogP contribution in [0.25, 0.3) is 29.0 Å². The number of benzene rings is 3. The van der Waals surface area contributed by atoms with Crippen molar-refractivity contribution in [3.05, 3.63) is 160 Å². The van der Waals surface area contributed by atoms with Crippen LogP contribution in [0.1, 0.15) is 80.1 Å². The summed E-state index contributed by atoms with van der Waals surface area (Å²) in [5.74, 6) is 0.351. The van der Waals surface area contributed by atoms with Crippen molar-refractivity contribution >= 4 is 23.5 Å². The van der Waals surface area contributed by atoms with E-state index in [1.54, 1.807) is 11.1 Å². The van der Waals surface area contributed by atoms with Gasteiger partial charge in [-0.1, -0.05) is 99.7 Å². The average molecular weight is 625 g/mol. The van der Waals surface area contributed by atoms with Gasteiger partial charge in [0.1, 0.15) is 0 Å². The molecular formula is C46H44N2. The molecule has 0 radical (unpaired) electrons. The van der Waals surface area contributed by atoms with E-state index in [-0.39, 0.29) is 11.5 Å². The number of allylic oxidation sites excluding steroid dienone is 8. The molecule has 2 nitrogen and oxygen atoms in total. The molecule has 0 fully saturated rings. The van der Waals surface area contributed by atoms with Crippen LogP contribution in [0.15, 0.2) is 126 Å². The predicted octanol–water partition coefficient (Wildman–Crippen LogP) is 11.6. The fourth-order valence-corrected chi connectivity index (χ4v) is 8.98. The molecule has 0 amide bonds. The van der Waals surface area contributed by atoms with Gasteiger partial charge >= 0.3 is 0 Å². The third-order valence-electron chi connectivity index (χ3n) is 11.4. The lowest BCUT2D eigenvalue weighted by Gasteiger charge is -2.37. The van der Waals surface area contributed by atoms with Gasteiger partial charge in [0.05, 0.1) is 6.04 Å². The third-order valence-corrected chi connectivity index (χ3v) is 11.4. The fraction of sp³-hybridized carbons (Fsp3) is 0.261. The maximum Gasteiger partial charge on any atom is 0.0585 e. The quantitative estimate of drug-likeness (QED) is 0.214. The minimum atomic E-state index is -0.126. The van der Waals surface area contributed by atoms with Crippen molar-refractivity contribution in [2.75, 3.05) is 4.90 Å². The molecule has 5 aliphatic carbocycles. The van der Waals surface area contributed by atoms with Gasteiger partial charge in [0.25, 0.3) is 0 Å². The van der Waals surface area contributed by atoms with Crippen LogP contribution in [0.2, 0.25) is 0 Å². The van der Waals surface area contributed by atoms with Crippen LogP contribution in [-0.4, -0.2) is 10.6 Å². The number of hydrogen-bond acceptors (Lipinski definition) is 1. The van der Waals surface area contributed by atoms with Gasteiger partial charge in [0, 0.05) is 33.9 Å². The molecule has 0 spiro atoms. The molecule has 2 heteroatoms. The van der Waals surface area contributed by atoms with Crippen LogP contribution in [0.3, 0.4) is 0 Å². The number of aromatic nitrogens is 1. The van der Waals surface area contributed by atoms with E-state index >= 15 is 0 Å². The number of rotatable bonds is 5. The summed E-state index contributed by atoms with van der Waals surface area (Å²) in [5, 5.41) is 0. The van der Waals surface area contributed by atoms with Crippen LogP contribution in [0.4, 0.5) is 11.4 Å². The van der Waals surface area contributed by atoms with Gasteiger partial charge in [0.2, 0.25) is 0 Å². The Labute approximate surface area is 285 Å². The second-order valence-corrected chi connectivity index (χ2v) is 14.7. The SMILES string of the molecule is CC1C=C(C2=CCCC=C2)C=CC1N(c1ccccc1)c1ccc2c(c1)C(C)(C)c1cc(-n3c4c(c5c3C=CCC5)CCC=C4)ccc1-2. The Bertz CT molecular complexity index is 2080. The molecule has 4 aromatic rings. The summed E-state index contributed by atoms with van der Waals surface area (Å²) in [7, 11) is 0. The monoisotopic (exact) mass is 624 g/mol. The predicted molar refractivity (Wildman–Crippen MR) is 203 cm³/mol. The van der Waals surface area contributed by atoms with Crippen molar-refractivity contribution in [1.82, 2.24) is 4.57 Å². The van der Waals surface area contributed by atoms with Crippen LogP contribution < -0.4 is 4.90 Å². The molecule has 1 heterocycles. The van der Waals surface area contributed by atoms with E-state index < -0.39 is 0 Å². The first kappa shape index (κ1) is 29.3. The average Bonchev–Trinajstić information content (AvgIpc) is 3.58. The molecule has 1 aromatic heterocycles. The van der Waals surface area contributed by atoms with E-state index in [0.717, 1.165) is 38.5 Å². The highest BCUT2D eigenvalue weighted by molar-refractivity contribution is 5.85. The summed E-state index contributed by atoms with van der Waals surface area (Å²) < 4.78 is 2.54. The molecular weight excluding hydrogens is 581 g/mol. The standard InChI is InChI=1S/C46H44N2/c1-31-28-33(32-14-6-4-7-15-32)22-27-43(31)47(34-16-8-5-9-17-34)35-23-25-37-38-26-24-36(30-42(38)46(2,3)41(37)29-35)48-44-20-12-10-18-39(44)40-19-11-13-21-45(40)48/h5-6,8-9,12-17,20-31,43H,4,7,10-11,18-19H2,1-3H3. The molecule has 5 aliphatic rings. The Kier molecular flexibility index (Phi) is 6.97. The maximum atomic E-state index is 2.56. The summed E-state index contributed by atoms with van der Waals surface area (Å²) >= 11 is 0. The molecule has 2 atom stereocenters. The Balaban J connectivity index is 1.11. The lowest BCUT2D eigenvalue weighted by atomic mass is 9.82. The molecule has 2 unspecified atom stereocenters. The zero-order valence-electron chi connectivity index (χ0n) is 28.4. The molecule has 0 bridgehead atoms. The van der Waals surface area contributed by atoms with E-state index in [0.29, 0.717) is 5.92 Å². The van der Waals surface area contributed by atoms with Gasteiger partial charge in [0.15, 0.2) is 0 Å². The minimum absolute atomic E-state index is 0.126. The Morgan fingerprint density at radius 1 is 0.667 bits per heavy atom. The van der Waals surface area contributed by atoms with Crippen molar-refractivity contribution in [1.29, 1.82) is 0 Å². The molecule has 48 heavy (non-hydrogen) atoms. The summed E-state index contributed by atoms with van der Waals surface area (Å²) in [6.07, 6.45) is 30.5. The van der Waals surface area contributed by atoms with E-state index in [9.17, 15) is 0 Å². The van der Waals surface area contributed by atoms with Gasteiger partial charge in [-0.3, -0.25) is 0 Å². The molecule has 0 saturated carbocycles. The number of fused-ring (bicyclic) bond motifs is 6. The number of hydrogen-bond donors (Lipinski definition) is 0. The van der Waals surface area contributed by atoms with Crippen LogP contribution >= 0.6 is 0 Å². The minimum Gasteiger partial charge on any atom is -0.334 e. The van der Waals surface area contributed by atoms with Crippen molar-refractivity contribution in [2.24, 2.45) is 5.92 Å². The van der Waals surface area contributed by atoms with E-state index in [2.05, 4.69) is 158 Å². The number of para-hydroxylation sites is 1. The van der Waals surface area contributed by atoms with Crippen LogP contribution in [0, 0.1) is 5.92 Å². The third kappa shape index (κ3) is 4.60.